The van der Waals surface area contributed by atoms with Gasteiger partial charge in [0.15, 0.2) is 9.84 Å². The number of amides is 1. The minimum atomic E-state index is -4.84. The van der Waals surface area contributed by atoms with E-state index in [-0.39, 0.29) is 27.8 Å². The van der Waals surface area contributed by atoms with Crippen LogP contribution >= 0.6 is 11.6 Å². The van der Waals surface area contributed by atoms with Crippen LogP contribution in [0.5, 0.6) is 11.5 Å². The lowest BCUT2D eigenvalue weighted by Crippen LogP contribution is -2.17. The number of nitrogens with one attached hydrogen (secondary N) is 1. The summed E-state index contributed by atoms with van der Waals surface area (Å²) in [7, 11) is -3.69. The SMILES string of the molecule is O=C(N/N=C/c1ccc(CS(=O)(=O)Cc2ccc(OC(F)(F)F)cc2)c2ccccc12)c1ccc(O)c(Cl)c1. The van der Waals surface area contributed by atoms with E-state index in [1.165, 1.54) is 36.5 Å². The molecule has 0 spiro atoms. The van der Waals surface area contributed by atoms with E-state index in [0.717, 1.165) is 12.1 Å². The van der Waals surface area contributed by atoms with E-state index in [2.05, 4.69) is 15.3 Å². The molecule has 0 aromatic heterocycles. The number of hydrogen-bond acceptors (Lipinski definition) is 6. The molecule has 39 heavy (non-hydrogen) atoms. The summed E-state index contributed by atoms with van der Waals surface area (Å²) in [6.45, 7) is 0. The minimum absolute atomic E-state index is 0.0237. The molecule has 12 heteroatoms. The highest BCUT2D eigenvalue weighted by molar-refractivity contribution is 7.89. The maximum atomic E-state index is 12.9. The number of carbonyl (C=O) groups is 1. The number of fused-ring (bicyclic) bond motifs is 1. The van der Waals surface area contributed by atoms with Crippen LogP contribution in [-0.2, 0) is 21.3 Å². The minimum Gasteiger partial charge on any atom is -0.506 e. The molecule has 1 amide bonds. The zero-order valence-electron chi connectivity index (χ0n) is 19.9. The number of phenols is 1. The Balaban J connectivity index is 1.49. The first kappa shape index (κ1) is 27.9. The molecule has 4 aromatic rings. The molecule has 0 atom stereocenters. The third kappa shape index (κ3) is 7.49. The van der Waals surface area contributed by atoms with E-state index in [4.69, 9.17) is 11.6 Å². The van der Waals surface area contributed by atoms with Crippen LogP contribution in [0.15, 0.2) is 84.0 Å². The number of carbonyl (C=O) groups excluding carboxylic acids is 1. The van der Waals surface area contributed by atoms with Crippen LogP contribution in [0, 0.1) is 0 Å². The number of hydrogen-bond donors (Lipinski definition) is 2. The van der Waals surface area contributed by atoms with Gasteiger partial charge >= 0.3 is 6.36 Å². The number of aromatic hydroxyl groups is 1. The van der Waals surface area contributed by atoms with Crippen molar-refractivity contribution in [1.82, 2.24) is 5.43 Å². The molecule has 0 fully saturated rings. The van der Waals surface area contributed by atoms with Gasteiger partial charge in [0.25, 0.3) is 5.91 Å². The number of alkyl halides is 3. The number of hydrazone groups is 1. The number of sulfone groups is 1. The Labute approximate surface area is 226 Å². The van der Waals surface area contributed by atoms with E-state index >= 15 is 0 Å². The summed E-state index contributed by atoms with van der Waals surface area (Å²) < 4.78 is 66.7. The van der Waals surface area contributed by atoms with Gasteiger partial charge < -0.3 is 9.84 Å². The summed E-state index contributed by atoms with van der Waals surface area (Å²) >= 11 is 5.83. The standard InChI is InChI=1S/C27H20ClF3N2O5S/c28-24-13-18(9-12-25(24)34)26(35)33-32-14-19-7-8-20(23-4-2-1-3-22(19)23)16-39(36,37)15-17-5-10-21(11-6-17)38-27(29,30)31/h1-14,34H,15-16H2,(H,33,35)/b32-14+. The van der Waals surface area contributed by atoms with E-state index in [1.807, 2.05) is 0 Å². The summed E-state index contributed by atoms with van der Waals surface area (Å²) in [5, 5.41) is 14.9. The molecule has 0 bridgehead atoms. The Bertz CT molecular complexity index is 1660. The molecule has 2 N–H and O–H groups in total. The van der Waals surface area contributed by atoms with Crippen molar-refractivity contribution < 1.29 is 36.2 Å². The third-order valence-electron chi connectivity index (χ3n) is 5.55. The van der Waals surface area contributed by atoms with Crippen LogP contribution < -0.4 is 10.2 Å². The molecule has 0 radical (unpaired) electrons. The van der Waals surface area contributed by atoms with Gasteiger partial charge in [-0.25, -0.2) is 13.8 Å². The fraction of sp³-hybridized carbons (Fsp3) is 0.111. The first-order valence-corrected chi connectivity index (χ1v) is 13.5. The van der Waals surface area contributed by atoms with Gasteiger partial charge in [0.05, 0.1) is 22.7 Å². The second kappa shape index (κ2) is 11.3. The smallest absolute Gasteiger partial charge is 0.506 e. The van der Waals surface area contributed by atoms with Crippen molar-refractivity contribution in [1.29, 1.82) is 0 Å². The van der Waals surface area contributed by atoms with Crippen LogP contribution in [0.2, 0.25) is 5.02 Å². The van der Waals surface area contributed by atoms with Gasteiger partial charge in [0.1, 0.15) is 11.5 Å². The molecule has 202 valence electrons. The van der Waals surface area contributed by atoms with Crippen molar-refractivity contribution in [2.75, 3.05) is 0 Å². The van der Waals surface area contributed by atoms with Gasteiger partial charge in [-0.3, -0.25) is 4.79 Å². The van der Waals surface area contributed by atoms with E-state index < -0.39 is 27.9 Å². The van der Waals surface area contributed by atoms with Gasteiger partial charge in [-0.15, -0.1) is 13.2 Å². The highest BCUT2D eigenvalue weighted by Gasteiger charge is 2.31. The highest BCUT2D eigenvalue weighted by atomic mass is 35.5. The van der Waals surface area contributed by atoms with Crippen LogP contribution in [0.25, 0.3) is 10.8 Å². The first-order valence-electron chi connectivity index (χ1n) is 11.3. The number of nitrogens with zero attached hydrogens (tertiary/aromatic N) is 1. The third-order valence-corrected chi connectivity index (χ3v) is 7.37. The molecule has 0 saturated heterocycles. The molecule has 0 aliphatic heterocycles. The van der Waals surface area contributed by atoms with Crippen LogP contribution in [0.1, 0.15) is 27.0 Å². The summed E-state index contributed by atoms with van der Waals surface area (Å²) in [5.74, 6) is -1.80. The van der Waals surface area contributed by atoms with Crippen LogP contribution in [0.4, 0.5) is 13.2 Å². The number of rotatable bonds is 8. The lowest BCUT2D eigenvalue weighted by molar-refractivity contribution is -0.274. The van der Waals surface area contributed by atoms with Crippen molar-refractivity contribution in [3.8, 4) is 11.5 Å². The Morgan fingerprint density at radius 1 is 0.974 bits per heavy atom. The van der Waals surface area contributed by atoms with Crippen molar-refractivity contribution in [2.24, 2.45) is 5.10 Å². The van der Waals surface area contributed by atoms with Crippen LogP contribution in [-0.4, -0.2) is 32.0 Å². The van der Waals surface area contributed by atoms with E-state index in [1.54, 1.807) is 36.4 Å². The Kier molecular flexibility index (Phi) is 8.12. The lowest BCUT2D eigenvalue weighted by atomic mass is 10.0. The lowest BCUT2D eigenvalue weighted by Gasteiger charge is -2.11. The second-order valence-electron chi connectivity index (χ2n) is 8.45. The average molecular weight is 577 g/mol. The van der Waals surface area contributed by atoms with Crippen LogP contribution in [0.3, 0.4) is 0 Å². The quantitative estimate of drug-likeness (QED) is 0.198. The van der Waals surface area contributed by atoms with Gasteiger partial charge in [-0.1, -0.05) is 60.1 Å². The summed E-state index contributed by atoms with van der Waals surface area (Å²) in [5.41, 5.74) is 4.05. The van der Waals surface area contributed by atoms with Crippen molar-refractivity contribution in [3.63, 3.8) is 0 Å². The van der Waals surface area contributed by atoms with Crippen molar-refractivity contribution in [2.45, 2.75) is 17.9 Å². The topological polar surface area (TPSA) is 105 Å². The van der Waals surface area contributed by atoms with Gasteiger partial charge in [0.2, 0.25) is 0 Å². The molecule has 0 aliphatic rings. The monoisotopic (exact) mass is 576 g/mol. The van der Waals surface area contributed by atoms with Gasteiger partial charge in [-0.05, 0) is 52.2 Å². The number of ether oxygens (including phenoxy) is 1. The molecule has 0 saturated carbocycles. The van der Waals surface area contributed by atoms with E-state index in [0.29, 0.717) is 27.5 Å². The summed E-state index contributed by atoms with van der Waals surface area (Å²) in [6.07, 6.45) is -3.41. The molecule has 4 rings (SSSR count). The molecule has 0 unspecified atom stereocenters. The first-order chi connectivity index (χ1) is 18.4. The number of phenolic OH excluding ortho intramolecular Hbond substituents is 1. The normalized spacial score (nSPS) is 12.1. The van der Waals surface area contributed by atoms with Gasteiger partial charge in [0, 0.05) is 11.1 Å². The molecule has 7 nitrogen and oxygen atoms in total. The van der Waals surface area contributed by atoms with Crippen molar-refractivity contribution >= 4 is 44.3 Å². The molecular formula is C27H20ClF3N2O5S. The number of halogens is 4. The zero-order valence-corrected chi connectivity index (χ0v) is 21.5. The Morgan fingerprint density at radius 2 is 1.67 bits per heavy atom. The second-order valence-corrected chi connectivity index (χ2v) is 10.9. The summed E-state index contributed by atoms with van der Waals surface area (Å²) in [6, 6.07) is 19.1. The predicted octanol–water partition coefficient (Wildman–Crippen LogP) is 5.98. The number of benzene rings is 4. The van der Waals surface area contributed by atoms with Gasteiger partial charge in [-0.2, -0.15) is 5.10 Å². The molecule has 4 aromatic carbocycles. The summed E-state index contributed by atoms with van der Waals surface area (Å²) in [4.78, 5) is 12.3. The Morgan fingerprint density at radius 3 is 2.33 bits per heavy atom. The molecule has 0 aliphatic carbocycles. The molecular weight excluding hydrogens is 557 g/mol. The predicted molar refractivity (Wildman–Crippen MR) is 142 cm³/mol. The zero-order chi connectivity index (χ0) is 28.2. The largest absolute Gasteiger partial charge is 0.573 e. The fourth-order valence-electron chi connectivity index (χ4n) is 3.83. The maximum absolute atomic E-state index is 12.9. The van der Waals surface area contributed by atoms with E-state index in [9.17, 15) is 31.5 Å². The van der Waals surface area contributed by atoms with Crippen molar-refractivity contribution in [3.05, 3.63) is 106 Å². The maximum Gasteiger partial charge on any atom is 0.573 e. The average Bonchev–Trinajstić information content (AvgIpc) is 2.87. The Hall–Kier alpha value is -4.09. The fourth-order valence-corrected chi connectivity index (χ4v) is 5.53. The molecule has 0 heterocycles. The highest BCUT2D eigenvalue weighted by Crippen LogP contribution is 2.27.